The summed E-state index contributed by atoms with van der Waals surface area (Å²) in [6, 6.07) is 6.39. The van der Waals surface area contributed by atoms with E-state index in [-0.39, 0.29) is 16.8 Å². The number of hydrogen-bond acceptors (Lipinski definition) is 6. The third-order valence-electron chi connectivity index (χ3n) is 5.48. The van der Waals surface area contributed by atoms with Crippen LogP contribution < -0.4 is 5.32 Å². The van der Waals surface area contributed by atoms with E-state index < -0.39 is 10.0 Å². The summed E-state index contributed by atoms with van der Waals surface area (Å²) in [6.45, 7) is 9.52. The van der Waals surface area contributed by atoms with Gasteiger partial charge in [0.25, 0.3) is 5.91 Å². The third-order valence-corrected chi connectivity index (χ3v) is 7.39. The zero-order valence-corrected chi connectivity index (χ0v) is 18.0. The van der Waals surface area contributed by atoms with Gasteiger partial charge in [-0.15, -0.1) is 0 Å². The lowest BCUT2D eigenvalue weighted by Gasteiger charge is -2.36. The van der Waals surface area contributed by atoms with Crippen LogP contribution in [-0.2, 0) is 19.5 Å². The van der Waals surface area contributed by atoms with E-state index in [0.717, 1.165) is 26.3 Å². The molecule has 0 saturated carbocycles. The molecule has 0 spiro atoms. The van der Waals surface area contributed by atoms with E-state index >= 15 is 0 Å². The van der Waals surface area contributed by atoms with Gasteiger partial charge in [0.1, 0.15) is 0 Å². The topological polar surface area (TPSA) is 88.2 Å². The Hall–Kier alpha value is -1.52. The van der Waals surface area contributed by atoms with Gasteiger partial charge in [-0.25, -0.2) is 8.42 Å². The third kappa shape index (κ3) is 5.55. The predicted molar refractivity (Wildman–Crippen MR) is 109 cm³/mol. The van der Waals surface area contributed by atoms with Crippen LogP contribution in [0.5, 0.6) is 0 Å². The lowest BCUT2D eigenvalue weighted by Crippen LogP contribution is -2.51. The van der Waals surface area contributed by atoms with Crippen molar-refractivity contribution >= 4 is 15.9 Å². The second-order valence-corrected chi connectivity index (χ2v) is 9.65. The molecule has 2 heterocycles. The first-order valence-electron chi connectivity index (χ1n) is 10.2. The van der Waals surface area contributed by atoms with Crippen molar-refractivity contribution in [2.45, 2.75) is 24.8 Å². The van der Waals surface area contributed by atoms with Gasteiger partial charge in [-0.3, -0.25) is 9.69 Å². The Morgan fingerprint density at radius 3 is 2.10 bits per heavy atom. The maximum atomic E-state index is 12.7. The number of nitrogens with zero attached hydrogens (tertiary/aromatic N) is 2. The standard InChI is InChI=1S/C20H31N3O5S/c1-16(2)19(22-7-11-27-12-8-22)15-21-20(24)17-3-5-18(6-4-17)29(25,26)23-9-13-28-14-10-23/h3-6,16,19H,7-15H2,1-2H3,(H,21,24)/t19-/m0/s1. The van der Waals surface area contributed by atoms with Crippen molar-refractivity contribution in [3.8, 4) is 0 Å². The molecule has 2 aliphatic heterocycles. The first-order valence-corrected chi connectivity index (χ1v) is 11.6. The van der Waals surface area contributed by atoms with Crippen LogP contribution in [0.15, 0.2) is 29.2 Å². The van der Waals surface area contributed by atoms with Crippen LogP contribution in [0.4, 0.5) is 0 Å². The first kappa shape index (κ1) is 22.2. The van der Waals surface area contributed by atoms with Gasteiger partial charge >= 0.3 is 0 Å². The molecule has 1 N–H and O–H groups in total. The Morgan fingerprint density at radius 1 is 1.00 bits per heavy atom. The van der Waals surface area contributed by atoms with Crippen LogP contribution in [0.2, 0.25) is 0 Å². The van der Waals surface area contributed by atoms with Crippen molar-refractivity contribution in [1.82, 2.24) is 14.5 Å². The fraction of sp³-hybridized carbons (Fsp3) is 0.650. The minimum Gasteiger partial charge on any atom is -0.379 e. The first-order chi connectivity index (χ1) is 13.9. The number of carbonyl (C=O) groups is 1. The Bertz CT molecular complexity index is 770. The molecule has 1 aromatic carbocycles. The van der Waals surface area contributed by atoms with E-state index in [9.17, 15) is 13.2 Å². The number of carbonyl (C=O) groups excluding carboxylic acids is 1. The molecule has 9 heteroatoms. The Balaban J connectivity index is 1.61. The molecule has 3 rings (SSSR count). The van der Waals surface area contributed by atoms with Crippen LogP contribution in [-0.4, -0.2) is 88.7 Å². The number of morpholine rings is 2. The minimum atomic E-state index is -3.55. The average Bonchev–Trinajstić information content (AvgIpc) is 2.75. The van der Waals surface area contributed by atoms with Crippen LogP contribution in [0.25, 0.3) is 0 Å². The van der Waals surface area contributed by atoms with Crippen molar-refractivity contribution in [2.75, 3.05) is 59.2 Å². The fourth-order valence-corrected chi connectivity index (χ4v) is 5.12. The maximum absolute atomic E-state index is 12.7. The van der Waals surface area contributed by atoms with E-state index in [1.807, 2.05) is 0 Å². The highest BCUT2D eigenvalue weighted by Crippen LogP contribution is 2.18. The average molecular weight is 426 g/mol. The molecule has 1 amide bonds. The highest BCUT2D eigenvalue weighted by atomic mass is 32.2. The smallest absolute Gasteiger partial charge is 0.251 e. The summed E-state index contributed by atoms with van der Waals surface area (Å²) >= 11 is 0. The molecule has 1 aromatic rings. The molecule has 29 heavy (non-hydrogen) atoms. The normalized spacial score (nSPS) is 20.5. The molecule has 162 valence electrons. The van der Waals surface area contributed by atoms with Crippen molar-refractivity contribution < 1.29 is 22.7 Å². The number of rotatable bonds is 7. The van der Waals surface area contributed by atoms with Gasteiger partial charge < -0.3 is 14.8 Å². The molecule has 0 aromatic heterocycles. The minimum absolute atomic E-state index is 0.195. The van der Waals surface area contributed by atoms with Crippen LogP contribution >= 0.6 is 0 Å². The van der Waals surface area contributed by atoms with E-state index in [4.69, 9.17) is 9.47 Å². The summed E-state index contributed by atoms with van der Waals surface area (Å²) in [6.07, 6.45) is 0. The lowest BCUT2D eigenvalue weighted by molar-refractivity contribution is 0.00672. The zero-order valence-electron chi connectivity index (χ0n) is 17.2. The van der Waals surface area contributed by atoms with Gasteiger partial charge in [0.2, 0.25) is 10.0 Å². The van der Waals surface area contributed by atoms with Crippen molar-refractivity contribution in [2.24, 2.45) is 5.92 Å². The summed E-state index contributed by atoms with van der Waals surface area (Å²) in [5, 5.41) is 3.00. The number of amides is 1. The molecule has 8 nitrogen and oxygen atoms in total. The Kier molecular flexibility index (Phi) is 7.64. The van der Waals surface area contributed by atoms with Gasteiger partial charge in [-0.2, -0.15) is 4.31 Å². The molecule has 0 bridgehead atoms. The predicted octanol–water partition coefficient (Wildman–Crippen LogP) is 0.794. The summed E-state index contributed by atoms with van der Waals surface area (Å²) in [5.41, 5.74) is 0.454. The maximum Gasteiger partial charge on any atom is 0.251 e. The molecular formula is C20H31N3O5S. The van der Waals surface area contributed by atoms with Gasteiger partial charge in [-0.1, -0.05) is 13.8 Å². The second-order valence-electron chi connectivity index (χ2n) is 7.71. The molecule has 0 aliphatic carbocycles. The summed E-state index contributed by atoms with van der Waals surface area (Å²) in [4.78, 5) is 15.1. The van der Waals surface area contributed by atoms with Gasteiger partial charge in [0.15, 0.2) is 0 Å². The number of nitrogens with one attached hydrogen (secondary N) is 1. The summed E-state index contributed by atoms with van der Waals surface area (Å²) in [5.74, 6) is 0.202. The van der Waals surface area contributed by atoms with Crippen molar-refractivity contribution in [3.05, 3.63) is 29.8 Å². The van der Waals surface area contributed by atoms with Gasteiger partial charge in [0.05, 0.1) is 31.3 Å². The fourth-order valence-electron chi connectivity index (χ4n) is 3.71. The van der Waals surface area contributed by atoms with Gasteiger partial charge in [-0.05, 0) is 30.2 Å². The van der Waals surface area contributed by atoms with E-state index in [0.29, 0.717) is 44.3 Å². The van der Waals surface area contributed by atoms with Gasteiger partial charge in [0, 0.05) is 44.3 Å². The summed E-state index contributed by atoms with van der Waals surface area (Å²) < 4.78 is 37.4. The molecule has 0 radical (unpaired) electrons. The molecule has 2 saturated heterocycles. The van der Waals surface area contributed by atoms with Crippen LogP contribution in [0, 0.1) is 5.92 Å². The summed E-state index contributed by atoms with van der Waals surface area (Å²) in [7, 11) is -3.55. The monoisotopic (exact) mass is 425 g/mol. The molecule has 0 unspecified atom stereocenters. The van der Waals surface area contributed by atoms with Crippen LogP contribution in [0.1, 0.15) is 24.2 Å². The number of ether oxygens (including phenoxy) is 2. The lowest BCUT2D eigenvalue weighted by atomic mass is 10.0. The largest absolute Gasteiger partial charge is 0.379 e. The van der Waals surface area contributed by atoms with E-state index in [1.165, 1.54) is 16.4 Å². The van der Waals surface area contributed by atoms with Crippen molar-refractivity contribution in [3.63, 3.8) is 0 Å². The molecule has 2 aliphatic rings. The zero-order chi connectivity index (χ0) is 20.9. The van der Waals surface area contributed by atoms with E-state index in [1.54, 1.807) is 12.1 Å². The quantitative estimate of drug-likeness (QED) is 0.695. The molecular weight excluding hydrogens is 394 g/mol. The van der Waals surface area contributed by atoms with Crippen molar-refractivity contribution in [1.29, 1.82) is 0 Å². The Morgan fingerprint density at radius 2 is 1.55 bits per heavy atom. The highest BCUT2D eigenvalue weighted by Gasteiger charge is 2.27. The number of benzene rings is 1. The molecule has 1 atom stereocenters. The Labute approximate surface area is 173 Å². The van der Waals surface area contributed by atoms with Crippen LogP contribution in [0.3, 0.4) is 0 Å². The SMILES string of the molecule is CC(C)[C@H](CNC(=O)c1ccc(S(=O)(=O)N2CCOCC2)cc1)N1CCOCC1. The second kappa shape index (κ2) is 9.99. The highest BCUT2D eigenvalue weighted by molar-refractivity contribution is 7.89. The number of hydrogen-bond donors (Lipinski definition) is 1. The molecule has 2 fully saturated rings. The van der Waals surface area contributed by atoms with E-state index in [2.05, 4.69) is 24.1 Å². The number of sulfonamides is 1.